The number of hydrogen-bond acceptors (Lipinski definition) is 5. The Bertz CT molecular complexity index is 800. The third-order valence-corrected chi connectivity index (χ3v) is 6.12. The quantitative estimate of drug-likeness (QED) is 0.767. The van der Waals surface area contributed by atoms with E-state index in [1.54, 1.807) is 17.4 Å². The molecule has 2 aliphatic heterocycles. The van der Waals surface area contributed by atoms with Gasteiger partial charge in [0.05, 0.1) is 44.8 Å². The van der Waals surface area contributed by atoms with Gasteiger partial charge in [0, 0.05) is 4.88 Å². The molecule has 0 radical (unpaired) electrons. The van der Waals surface area contributed by atoms with E-state index in [0.717, 1.165) is 36.7 Å². The summed E-state index contributed by atoms with van der Waals surface area (Å²) in [7, 11) is 0. The van der Waals surface area contributed by atoms with E-state index in [9.17, 15) is 14.7 Å². The molecule has 1 atom stereocenters. The van der Waals surface area contributed by atoms with Crippen LogP contribution in [0.2, 0.25) is 0 Å². The van der Waals surface area contributed by atoms with Crippen LogP contribution in [-0.2, 0) is 16.1 Å². The minimum Gasteiger partial charge on any atom is -0.506 e. The van der Waals surface area contributed by atoms with Crippen molar-refractivity contribution in [3.05, 3.63) is 46.7 Å². The lowest BCUT2D eigenvalue weighted by molar-refractivity contribution is -0.915. The third-order valence-electron chi connectivity index (χ3n) is 5.26. The Kier molecular flexibility index (Phi) is 4.65. The standard InChI is InChI=1S/C19H21N3O3S/c23-17-6-2-1-5-15(17)20-7-9-21(10-8-20)16-12-18(24)22(19(16)25)13-14-4-3-11-26-14/h1-6,11,16,23H,7-10,12-13H2/p+1/t16-/m0/s1. The number of piperazine rings is 1. The first-order valence-corrected chi connectivity index (χ1v) is 9.75. The van der Waals surface area contributed by atoms with Gasteiger partial charge in [0.1, 0.15) is 5.75 Å². The number of benzene rings is 1. The number of imide groups is 1. The molecule has 26 heavy (non-hydrogen) atoms. The number of nitrogens with zero attached hydrogens (tertiary/aromatic N) is 2. The van der Waals surface area contributed by atoms with Crippen molar-refractivity contribution in [3.8, 4) is 5.75 Å². The fraction of sp³-hybridized carbons (Fsp3) is 0.368. The fourth-order valence-corrected chi connectivity index (χ4v) is 4.53. The van der Waals surface area contributed by atoms with Crippen molar-refractivity contribution in [3.63, 3.8) is 0 Å². The number of anilines is 1. The average Bonchev–Trinajstić information content (AvgIpc) is 3.26. The number of carbonyl (C=O) groups is 2. The smallest absolute Gasteiger partial charge is 0.288 e. The second-order valence-corrected chi connectivity index (χ2v) is 7.82. The summed E-state index contributed by atoms with van der Waals surface area (Å²) < 4.78 is 0. The first kappa shape index (κ1) is 17.1. The number of rotatable bonds is 4. The molecule has 2 aliphatic rings. The Hall–Kier alpha value is -2.38. The second kappa shape index (κ2) is 7.09. The molecule has 0 aliphatic carbocycles. The highest BCUT2D eigenvalue weighted by molar-refractivity contribution is 7.09. The fourth-order valence-electron chi connectivity index (χ4n) is 3.84. The normalized spacial score (nSPS) is 21.6. The SMILES string of the molecule is O=C1C[C@H]([NH+]2CCN(c3ccccc3O)CC2)C(=O)N1Cc1cccs1. The summed E-state index contributed by atoms with van der Waals surface area (Å²) in [4.78, 5) is 30.9. The summed E-state index contributed by atoms with van der Waals surface area (Å²) in [6, 6.07) is 10.9. The lowest BCUT2D eigenvalue weighted by Crippen LogP contribution is -3.19. The molecule has 2 amide bonds. The summed E-state index contributed by atoms with van der Waals surface area (Å²) in [6.07, 6.45) is 0.302. The average molecular weight is 372 g/mol. The number of likely N-dealkylation sites (tertiary alicyclic amines) is 1. The topological polar surface area (TPSA) is 65.3 Å². The highest BCUT2D eigenvalue weighted by Crippen LogP contribution is 2.26. The van der Waals surface area contributed by atoms with E-state index in [0.29, 0.717) is 13.0 Å². The van der Waals surface area contributed by atoms with E-state index >= 15 is 0 Å². The lowest BCUT2D eigenvalue weighted by atomic mass is 10.1. The molecule has 7 heteroatoms. The molecular formula is C19H22N3O3S+. The van der Waals surface area contributed by atoms with E-state index < -0.39 is 0 Å². The van der Waals surface area contributed by atoms with Crippen LogP contribution in [0.3, 0.4) is 0 Å². The third kappa shape index (κ3) is 3.20. The van der Waals surface area contributed by atoms with Crippen molar-refractivity contribution in [2.24, 2.45) is 0 Å². The van der Waals surface area contributed by atoms with Gasteiger partial charge in [0.2, 0.25) is 5.91 Å². The molecule has 1 aromatic carbocycles. The van der Waals surface area contributed by atoms with Crippen LogP contribution in [0.5, 0.6) is 5.75 Å². The van der Waals surface area contributed by atoms with Gasteiger partial charge in [-0.05, 0) is 23.6 Å². The van der Waals surface area contributed by atoms with Gasteiger partial charge in [-0.25, -0.2) is 0 Å². The Morgan fingerprint density at radius 1 is 1.12 bits per heavy atom. The molecule has 0 saturated carbocycles. The number of thiophene rings is 1. The maximum absolute atomic E-state index is 12.8. The van der Waals surface area contributed by atoms with E-state index in [-0.39, 0.29) is 23.6 Å². The number of amides is 2. The molecule has 3 heterocycles. The van der Waals surface area contributed by atoms with Crippen LogP contribution in [0.25, 0.3) is 0 Å². The van der Waals surface area contributed by atoms with Gasteiger partial charge in [-0.1, -0.05) is 18.2 Å². The second-order valence-electron chi connectivity index (χ2n) is 6.79. The van der Waals surface area contributed by atoms with E-state index in [1.807, 2.05) is 35.7 Å². The van der Waals surface area contributed by atoms with E-state index in [1.165, 1.54) is 9.80 Å². The number of phenols is 1. The van der Waals surface area contributed by atoms with Crippen molar-refractivity contribution in [1.29, 1.82) is 0 Å². The molecule has 0 unspecified atom stereocenters. The molecule has 136 valence electrons. The Morgan fingerprint density at radius 3 is 2.58 bits per heavy atom. The molecule has 2 fully saturated rings. The summed E-state index contributed by atoms with van der Waals surface area (Å²) in [5.41, 5.74) is 0.833. The maximum Gasteiger partial charge on any atom is 0.288 e. The van der Waals surface area contributed by atoms with Crippen molar-refractivity contribution < 1.29 is 19.6 Å². The summed E-state index contributed by atoms with van der Waals surface area (Å²) in [6.45, 7) is 3.48. The first-order valence-electron chi connectivity index (χ1n) is 8.87. The molecule has 2 N–H and O–H groups in total. The highest BCUT2D eigenvalue weighted by Gasteiger charge is 2.45. The summed E-state index contributed by atoms with van der Waals surface area (Å²) in [5, 5.41) is 12.0. The van der Waals surface area contributed by atoms with Crippen molar-refractivity contribution in [2.75, 3.05) is 31.1 Å². The van der Waals surface area contributed by atoms with Gasteiger partial charge in [-0.15, -0.1) is 11.3 Å². The van der Waals surface area contributed by atoms with Crippen LogP contribution in [0.15, 0.2) is 41.8 Å². The maximum atomic E-state index is 12.8. The molecule has 0 spiro atoms. The summed E-state index contributed by atoms with van der Waals surface area (Å²) in [5.74, 6) is 0.170. The van der Waals surface area contributed by atoms with Gasteiger partial charge >= 0.3 is 0 Å². The first-order chi connectivity index (χ1) is 12.6. The van der Waals surface area contributed by atoms with Gasteiger partial charge in [-0.2, -0.15) is 0 Å². The predicted octanol–water partition coefficient (Wildman–Crippen LogP) is 0.486. The van der Waals surface area contributed by atoms with Crippen LogP contribution in [-0.4, -0.2) is 54.0 Å². The van der Waals surface area contributed by atoms with Gasteiger partial charge < -0.3 is 14.9 Å². The Balaban J connectivity index is 1.39. The number of hydrogen-bond donors (Lipinski definition) is 2. The van der Waals surface area contributed by atoms with Crippen molar-refractivity contribution in [1.82, 2.24) is 4.90 Å². The molecule has 6 nitrogen and oxygen atoms in total. The van der Waals surface area contributed by atoms with E-state index in [2.05, 4.69) is 4.90 Å². The monoisotopic (exact) mass is 372 g/mol. The Labute approximate surface area is 156 Å². The molecule has 1 aromatic heterocycles. The molecular weight excluding hydrogens is 350 g/mol. The predicted molar refractivity (Wildman–Crippen MR) is 99.3 cm³/mol. The number of phenolic OH excluding ortho intramolecular Hbond substituents is 1. The molecule has 2 aromatic rings. The van der Waals surface area contributed by atoms with Crippen molar-refractivity contribution in [2.45, 2.75) is 19.0 Å². The number of para-hydroxylation sites is 2. The van der Waals surface area contributed by atoms with Crippen LogP contribution < -0.4 is 9.80 Å². The number of quaternary nitrogens is 1. The van der Waals surface area contributed by atoms with Crippen LogP contribution >= 0.6 is 11.3 Å². The molecule has 2 saturated heterocycles. The van der Waals surface area contributed by atoms with Gasteiger partial charge in [-0.3, -0.25) is 14.5 Å². The highest BCUT2D eigenvalue weighted by atomic mass is 32.1. The van der Waals surface area contributed by atoms with Crippen LogP contribution in [0.1, 0.15) is 11.3 Å². The molecule has 4 rings (SSSR count). The minimum atomic E-state index is -0.269. The summed E-state index contributed by atoms with van der Waals surface area (Å²) >= 11 is 1.57. The zero-order chi connectivity index (χ0) is 18.1. The van der Waals surface area contributed by atoms with Gasteiger partial charge in [0.15, 0.2) is 6.04 Å². The van der Waals surface area contributed by atoms with E-state index in [4.69, 9.17) is 0 Å². The lowest BCUT2D eigenvalue weighted by Gasteiger charge is -2.35. The van der Waals surface area contributed by atoms with Crippen molar-refractivity contribution >= 4 is 28.8 Å². The van der Waals surface area contributed by atoms with Crippen LogP contribution in [0.4, 0.5) is 5.69 Å². The largest absolute Gasteiger partial charge is 0.506 e. The zero-order valence-electron chi connectivity index (χ0n) is 14.4. The number of carbonyl (C=O) groups excluding carboxylic acids is 2. The number of nitrogens with one attached hydrogen (secondary N) is 1. The zero-order valence-corrected chi connectivity index (χ0v) is 15.2. The molecule has 0 bridgehead atoms. The van der Waals surface area contributed by atoms with Crippen LogP contribution in [0, 0.1) is 0 Å². The number of aromatic hydroxyl groups is 1. The van der Waals surface area contributed by atoms with Gasteiger partial charge in [0.25, 0.3) is 5.91 Å². The minimum absolute atomic E-state index is 0.0468. The Morgan fingerprint density at radius 2 is 1.88 bits per heavy atom.